The number of rotatable bonds is 5. The van der Waals surface area contributed by atoms with Crippen molar-refractivity contribution < 1.29 is 27.8 Å². The van der Waals surface area contributed by atoms with Crippen LogP contribution in [-0.4, -0.2) is 51.4 Å². The molecule has 4 rings (SSSR count). The number of ether oxygens (including phenoxy) is 1. The summed E-state index contributed by atoms with van der Waals surface area (Å²) in [6.07, 6.45) is -1.54. The molecule has 1 aromatic carbocycles. The topological polar surface area (TPSA) is 124 Å². The van der Waals surface area contributed by atoms with Crippen LogP contribution >= 0.6 is 0 Å². The van der Waals surface area contributed by atoms with Crippen LogP contribution in [0.4, 0.5) is 29.6 Å². The number of amides is 1. The number of aromatic amines is 1. The zero-order valence-corrected chi connectivity index (χ0v) is 21.3. The lowest BCUT2D eigenvalue weighted by atomic mass is 9.91. The number of hydrogen-bond acceptors (Lipinski definition) is 7. The molecule has 1 atom stereocenters. The van der Waals surface area contributed by atoms with Gasteiger partial charge in [-0.1, -0.05) is 6.07 Å². The molecule has 1 aliphatic heterocycles. The number of anilines is 2. The largest absolute Gasteiger partial charge is 0.453 e. The molecule has 12 heteroatoms. The summed E-state index contributed by atoms with van der Waals surface area (Å²) in [5.41, 5.74) is -1.65. The quantitative estimate of drug-likeness (QED) is 0.321. The Balaban J connectivity index is 1.81. The number of H-pyrrole nitrogens is 1. The molecule has 0 saturated carbocycles. The van der Waals surface area contributed by atoms with Crippen molar-refractivity contribution in [1.82, 2.24) is 20.3 Å². The molecular formula is C25H31F3N6O3. The zero-order valence-electron chi connectivity index (χ0n) is 21.3. The van der Waals surface area contributed by atoms with E-state index in [1.54, 1.807) is 6.07 Å². The molecule has 5 N–H and O–H groups in total. The minimum atomic E-state index is -4.70. The van der Waals surface area contributed by atoms with E-state index in [1.165, 1.54) is 33.2 Å². The third-order valence-electron chi connectivity index (χ3n) is 6.52. The minimum Gasteiger partial charge on any atom is -0.453 e. The number of benzene rings is 1. The standard InChI is InChI=1S/C25H31F3N6O3/c1-23(2)9-8-13(10-31-23)32-21-30-12-16(25(26,27)28)19(34-21)15-11-29-20-14(15)6-7-17(33-22(35)37-5)18(20)24(3,4)36/h6-7,11-13,29,31,36H,8-10H2,1-5H3,(H,33,35)(H,30,32,34)/t13-/m0/s1. The van der Waals surface area contributed by atoms with Gasteiger partial charge in [0.15, 0.2) is 0 Å². The fourth-order valence-corrected chi connectivity index (χ4v) is 4.59. The Hall–Kier alpha value is -3.38. The molecule has 1 aliphatic rings. The number of fused-ring (bicyclic) bond motifs is 1. The van der Waals surface area contributed by atoms with Gasteiger partial charge in [0, 0.05) is 47.0 Å². The number of aliphatic hydroxyl groups is 1. The number of hydrogen-bond donors (Lipinski definition) is 5. The predicted molar refractivity (Wildman–Crippen MR) is 134 cm³/mol. The Kier molecular flexibility index (Phi) is 6.84. The minimum absolute atomic E-state index is 0.00581. The summed E-state index contributed by atoms with van der Waals surface area (Å²) in [5, 5.41) is 20.3. The van der Waals surface area contributed by atoms with E-state index in [0.717, 1.165) is 19.0 Å². The van der Waals surface area contributed by atoms with Gasteiger partial charge in [0.2, 0.25) is 5.95 Å². The second kappa shape index (κ2) is 9.49. The smallest absolute Gasteiger partial charge is 0.419 e. The first-order valence-electron chi connectivity index (χ1n) is 11.9. The second-order valence-corrected chi connectivity index (χ2v) is 10.4. The Labute approximate surface area is 212 Å². The Morgan fingerprint density at radius 1 is 1.27 bits per heavy atom. The first-order chi connectivity index (χ1) is 17.2. The van der Waals surface area contributed by atoms with Gasteiger partial charge in [0.1, 0.15) is 5.56 Å². The summed E-state index contributed by atoms with van der Waals surface area (Å²) in [4.78, 5) is 23.1. The Morgan fingerprint density at radius 3 is 2.59 bits per heavy atom. The van der Waals surface area contributed by atoms with Gasteiger partial charge in [-0.05, 0) is 46.6 Å². The van der Waals surface area contributed by atoms with E-state index in [9.17, 15) is 23.1 Å². The maximum atomic E-state index is 14.0. The van der Waals surface area contributed by atoms with Gasteiger partial charge < -0.3 is 25.5 Å². The van der Waals surface area contributed by atoms with E-state index in [-0.39, 0.29) is 34.5 Å². The molecule has 0 unspecified atom stereocenters. The number of carbonyl (C=O) groups is 1. The SMILES string of the molecule is COC(=O)Nc1ccc2c(-c3nc(N[C@H]4CCC(C)(C)NC4)ncc3C(F)(F)F)c[nH]c2c1C(C)(C)O. The number of carbonyl (C=O) groups excluding carboxylic acids is 1. The first kappa shape index (κ1) is 26.7. The third-order valence-corrected chi connectivity index (χ3v) is 6.52. The molecule has 1 saturated heterocycles. The fourth-order valence-electron chi connectivity index (χ4n) is 4.59. The van der Waals surface area contributed by atoms with Gasteiger partial charge in [-0.15, -0.1) is 0 Å². The second-order valence-electron chi connectivity index (χ2n) is 10.4. The van der Waals surface area contributed by atoms with Crippen molar-refractivity contribution in [2.24, 2.45) is 0 Å². The van der Waals surface area contributed by atoms with E-state index in [0.29, 0.717) is 23.0 Å². The van der Waals surface area contributed by atoms with Crippen molar-refractivity contribution in [3.63, 3.8) is 0 Å². The molecular weight excluding hydrogens is 489 g/mol. The molecule has 0 bridgehead atoms. The molecule has 3 aromatic rings. The van der Waals surface area contributed by atoms with Crippen molar-refractivity contribution in [2.45, 2.75) is 63.9 Å². The maximum absolute atomic E-state index is 14.0. The van der Waals surface area contributed by atoms with Gasteiger partial charge in [-0.25, -0.2) is 14.8 Å². The van der Waals surface area contributed by atoms with Crippen LogP contribution in [0.3, 0.4) is 0 Å². The van der Waals surface area contributed by atoms with Crippen LogP contribution in [0.1, 0.15) is 51.7 Å². The van der Waals surface area contributed by atoms with Crippen LogP contribution in [0.2, 0.25) is 0 Å². The molecule has 37 heavy (non-hydrogen) atoms. The van der Waals surface area contributed by atoms with Crippen molar-refractivity contribution in [3.8, 4) is 11.3 Å². The number of methoxy groups -OCH3 is 1. The van der Waals surface area contributed by atoms with Crippen LogP contribution in [0.5, 0.6) is 0 Å². The van der Waals surface area contributed by atoms with Crippen LogP contribution in [0, 0.1) is 0 Å². The number of alkyl halides is 3. The van der Waals surface area contributed by atoms with Crippen LogP contribution in [-0.2, 0) is 16.5 Å². The molecule has 3 heterocycles. The van der Waals surface area contributed by atoms with Crippen LogP contribution in [0.25, 0.3) is 22.2 Å². The number of nitrogens with one attached hydrogen (secondary N) is 4. The molecule has 1 amide bonds. The zero-order chi connectivity index (χ0) is 27.2. The highest BCUT2D eigenvalue weighted by molar-refractivity contribution is 6.01. The van der Waals surface area contributed by atoms with Gasteiger partial charge in [0.05, 0.1) is 29.6 Å². The van der Waals surface area contributed by atoms with Crippen molar-refractivity contribution in [3.05, 3.63) is 35.7 Å². The molecule has 200 valence electrons. The summed E-state index contributed by atoms with van der Waals surface area (Å²) in [5.74, 6) is 0.0931. The lowest BCUT2D eigenvalue weighted by molar-refractivity contribution is -0.137. The Bertz CT molecular complexity index is 1300. The monoisotopic (exact) mass is 520 g/mol. The number of nitrogens with zero attached hydrogens (tertiary/aromatic N) is 2. The van der Waals surface area contributed by atoms with Crippen LogP contribution < -0.4 is 16.0 Å². The lowest BCUT2D eigenvalue weighted by Gasteiger charge is -2.36. The number of halogens is 3. The molecule has 1 fully saturated rings. The van der Waals surface area contributed by atoms with E-state index in [1.807, 2.05) is 0 Å². The summed E-state index contributed by atoms with van der Waals surface area (Å²) < 4.78 is 46.7. The molecule has 0 spiro atoms. The van der Waals surface area contributed by atoms with Crippen molar-refractivity contribution in [2.75, 3.05) is 24.3 Å². The van der Waals surface area contributed by atoms with Gasteiger partial charge in [-0.2, -0.15) is 13.2 Å². The predicted octanol–water partition coefficient (Wildman–Crippen LogP) is 4.99. The fraction of sp³-hybridized carbons (Fsp3) is 0.480. The van der Waals surface area contributed by atoms with E-state index < -0.39 is 23.4 Å². The van der Waals surface area contributed by atoms with E-state index in [4.69, 9.17) is 0 Å². The highest BCUT2D eigenvalue weighted by Crippen LogP contribution is 2.42. The molecule has 0 radical (unpaired) electrons. The lowest BCUT2D eigenvalue weighted by Crippen LogP contribution is -2.50. The number of aromatic nitrogens is 3. The first-order valence-corrected chi connectivity index (χ1v) is 11.9. The summed E-state index contributed by atoms with van der Waals surface area (Å²) in [7, 11) is 1.20. The maximum Gasteiger partial charge on any atom is 0.419 e. The summed E-state index contributed by atoms with van der Waals surface area (Å²) in [6, 6.07) is 3.03. The van der Waals surface area contributed by atoms with Crippen LogP contribution in [0.15, 0.2) is 24.5 Å². The van der Waals surface area contributed by atoms with Gasteiger partial charge in [0.25, 0.3) is 0 Å². The summed E-state index contributed by atoms with van der Waals surface area (Å²) in [6.45, 7) is 7.85. The normalized spacial score (nSPS) is 18.0. The summed E-state index contributed by atoms with van der Waals surface area (Å²) >= 11 is 0. The van der Waals surface area contributed by atoms with E-state index in [2.05, 4.69) is 49.5 Å². The highest BCUT2D eigenvalue weighted by atomic mass is 19.4. The average Bonchev–Trinajstić information content (AvgIpc) is 3.22. The van der Waals surface area contributed by atoms with Crippen molar-refractivity contribution in [1.29, 1.82) is 0 Å². The third kappa shape index (κ3) is 5.64. The molecule has 9 nitrogen and oxygen atoms in total. The average molecular weight is 521 g/mol. The highest BCUT2D eigenvalue weighted by Gasteiger charge is 2.37. The van der Waals surface area contributed by atoms with Crippen molar-refractivity contribution >= 4 is 28.6 Å². The van der Waals surface area contributed by atoms with Gasteiger partial charge >= 0.3 is 12.3 Å². The van der Waals surface area contributed by atoms with E-state index >= 15 is 0 Å². The molecule has 2 aromatic heterocycles. The number of piperidine rings is 1. The Morgan fingerprint density at radius 2 is 2.00 bits per heavy atom. The van der Waals surface area contributed by atoms with Gasteiger partial charge in [-0.3, -0.25) is 5.32 Å². The molecule has 0 aliphatic carbocycles.